The first kappa shape index (κ1) is 14.3. The standard InChI is InChI=1S/C18H25N3/c1-3-11-21(15-9-10-15)18-12-14(13-19-4-2)16-7-5-6-8-17(16)20-18/h5-8,12,15,19H,3-4,9-11,13H2,1-2H3. The van der Waals surface area contributed by atoms with Crippen LogP contribution in [0.1, 0.15) is 38.7 Å². The molecule has 0 spiro atoms. The zero-order valence-corrected chi connectivity index (χ0v) is 13.1. The van der Waals surface area contributed by atoms with Crippen LogP contribution in [0.5, 0.6) is 0 Å². The van der Waals surface area contributed by atoms with Gasteiger partial charge < -0.3 is 10.2 Å². The van der Waals surface area contributed by atoms with Crippen LogP contribution in [0.25, 0.3) is 10.9 Å². The molecular formula is C18H25N3. The Hall–Kier alpha value is -1.61. The molecule has 1 saturated carbocycles. The number of nitrogens with one attached hydrogen (secondary N) is 1. The lowest BCUT2D eigenvalue weighted by atomic mass is 10.1. The van der Waals surface area contributed by atoms with Crippen molar-refractivity contribution in [3.8, 4) is 0 Å². The fourth-order valence-corrected chi connectivity index (χ4v) is 2.90. The monoisotopic (exact) mass is 283 g/mol. The smallest absolute Gasteiger partial charge is 0.129 e. The number of fused-ring (bicyclic) bond motifs is 1. The van der Waals surface area contributed by atoms with Crippen LogP contribution in [0.4, 0.5) is 5.82 Å². The lowest BCUT2D eigenvalue weighted by Gasteiger charge is -2.24. The summed E-state index contributed by atoms with van der Waals surface area (Å²) >= 11 is 0. The van der Waals surface area contributed by atoms with Gasteiger partial charge in [-0.1, -0.05) is 32.0 Å². The number of rotatable bonds is 7. The van der Waals surface area contributed by atoms with E-state index in [4.69, 9.17) is 4.98 Å². The van der Waals surface area contributed by atoms with Crippen molar-refractivity contribution in [3.05, 3.63) is 35.9 Å². The molecule has 21 heavy (non-hydrogen) atoms. The predicted molar refractivity (Wildman–Crippen MR) is 89.8 cm³/mol. The lowest BCUT2D eigenvalue weighted by Crippen LogP contribution is -2.27. The van der Waals surface area contributed by atoms with Crippen LogP contribution in [0.15, 0.2) is 30.3 Å². The van der Waals surface area contributed by atoms with Gasteiger partial charge >= 0.3 is 0 Å². The van der Waals surface area contributed by atoms with Gasteiger partial charge in [0.1, 0.15) is 5.82 Å². The average Bonchev–Trinajstić information content (AvgIpc) is 3.34. The zero-order chi connectivity index (χ0) is 14.7. The highest BCUT2D eigenvalue weighted by Crippen LogP contribution is 2.32. The van der Waals surface area contributed by atoms with Crippen molar-refractivity contribution >= 4 is 16.7 Å². The van der Waals surface area contributed by atoms with Gasteiger partial charge in [0, 0.05) is 24.5 Å². The second-order valence-corrected chi connectivity index (χ2v) is 5.86. The van der Waals surface area contributed by atoms with Gasteiger partial charge in [-0.2, -0.15) is 0 Å². The third-order valence-corrected chi connectivity index (χ3v) is 4.10. The van der Waals surface area contributed by atoms with Gasteiger partial charge in [0.2, 0.25) is 0 Å². The molecule has 0 saturated heterocycles. The van der Waals surface area contributed by atoms with Crippen LogP contribution >= 0.6 is 0 Å². The summed E-state index contributed by atoms with van der Waals surface area (Å²) in [4.78, 5) is 7.42. The fraction of sp³-hybridized carbons (Fsp3) is 0.500. The van der Waals surface area contributed by atoms with Gasteiger partial charge in [-0.3, -0.25) is 0 Å². The molecule has 0 atom stereocenters. The van der Waals surface area contributed by atoms with E-state index >= 15 is 0 Å². The first-order valence-electron chi connectivity index (χ1n) is 8.19. The molecule has 1 aliphatic carbocycles. The maximum absolute atomic E-state index is 4.92. The number of aromatic nitrogens is 1. The highest BCUT2D eigenvalue weighted by atomic mass is 15.2. The second-order valence-electron chi connectivity index (χ2n) is 5.86. The number of nitrogens with zero attached hydrogens (tertiary/aromatic N) is 2. The first-order valence-corrected chi connectivity index (χ1v) is 8.19. The van der Waals surface area contributed by atoms with Crippen molar-refractivity contribution in [2.24, 2.45) is 0 Å². The molecule has 1 heterocycles. The molecule has 1 aliphatic rings. The van der Waals surface area contributed by atoms with Crippen LogP contribution in [-0.2, 0) is 6.54 Å². The summed E-state index contributed by atoms with van der Waals surface area (Å²) < 4.78 is 0. The van der Waals surface area contributed by atoms with Gasteiger partial charge in [0.05, 0.1) is 5.52 Å². The molecule has 3 nitrogen and oxygen atoms in total. The van der Waals surface area contributed by atoms with Crippen LogP contribution < -0.4 is 10.2 Å². The Labute approximate surface area is 127 Å². The number of hydrogen-bond acceptors (Lipinski definition) is 3. The van der Waals surface area contributed by atoms with Gasteiger partial charge in [0.15, 0.2) is 0 Å². The van der Waals surface area contributed by atoms with E-state index in [0.717, 1.165) is 31.0 Å². The summed E-state index contributed by atoms with van der Waals surface area (Å²) in [5.74, 6) is 1.16. The third kappa shape index (κ3) is 3.18. The summed E-state index contributed by atoms with van der Waals surface area (Å²) in [7, 11) is 0. The van der Waals surface area contributed by atoms with E-state index in [2.05, 4.69) is 54.4 Å². The second kappa shape index (κ2) is 6.44. The number of pyridine rings is 1. The first-order chi connectivity index (χ1) is 10.3. The molecule has 0 bridgehead atoms. The molecule has 112 valence electrons. The topological polar surface area (TPSA) is 28.2 Å². The van der Waals surface area contributed by atoms with E-state index in [0.29, 0.717) is 6.04 Å². The molecule has 0 unspecified atom stereocenters. The molecule has 1 fully saturated rings. The zero-order valence-electron chi connectivity index (χ0n) is 13.1. The minimum Gasteiger partial charge on any atom is -0.354 e. The highest BCUT2D eigenvalue weighted by molar-refractivity contribution is 5.84. The summed E-state index contributed by atoms with van der Waals surface area (Å²) in [6.07, 6.45) is 3.81. The number of anilines is 1. The van der Waals surface area contributed by atoms with Crippen molar-refractivity contribution < 1.29 is 0 Å². The Morgan fingerprint density at radius 1 is 1.24 bits per heavy atom. The van der Waals surface area contributed by atoms with Crippen LogP contribution in [0.2, 0.25) is 0 Å². The van der Waals surface area contributed by atoms with E-state index < -0.39 is 0 Å². The van der Waals surface area contributed by atoms with Gasteiger partial charge in [-0.25, -0.2) is 4.98 Å². The van der Waals surface area contributed by atoms with Crippen molar-refractivity contribution in [1.82, 2.24) is 10.3 Å². The molecule has 1 aromatic carbocycles. The van der Waals surface area contributed by atoms with Gasteiger partial charge in [-0.05, 0) is 43.5 Å². The Morgan fingerprint density at radius 2 is 2.05 bits per heavy atom. The lowest BCUT2D eigenvalue weighted by molar-refractivity contribution is 0.724. The third-order valence-electron chi connectivity index (χ3n) is 4.10. The summed E-state index contributed by atoms with van der Waals surface area (Å²) in [6, 6.07) is 11.5. The van der Waals surface area contributed by atoms with Crippen molar-refractivity contribution in [3.63, 3.8) is 0 Å². The molecule has 0 aliphatic heterocycles. The van der Waals surface area contributed by atoms with Gasteiger partial charge in [0.25, 0.3) is 0 Å². The quantitative estimate of drug-likeness (QED) is 0.839. The van der Waals surface area contributed by atoms with Crippen LogP contribution in [0.3, 0.4) is 0 Å². The largest absolute Gasteiger partial charge is 0.354 e. The molecule has 3 rings (SSSR count). The molecule has 0 amide bonds. The minimum absolute atomic E-state index is 0.714. The number of benzene rings is 1. The maximum atomic E-state index is 4.92. The van der Waals surface area contributed by atoms with E-state index in [9.17, 15) is 0 Å². The van der Waals surface area contributed by atoms with Crippen molar-refractivity contribution in [2.45, 2.75) is 45.7 Å². The molecular weight excluding hydrogens is 258 g/mol. The Balaban J connectivity index is 2.01. The normalized spacial score (nSPS) is 14.6. The van der Waals surface area contributed by atoms with E-state index in [-0.39, 0.29) is 0 Å². The van der Waals surface area contributed by atoms with Crippen molar-refractivity contribution in [2.75, 3.05) is 18.0 Å². The van der Waals surface area contributed by atoms with Gasteiger partial charge in [-0.15, -0.1) is 0 Å². The summed E-state index contributed by atoms with van der Waals surface area (Å²) in [5, 5.41) is 4.73. The Bertz CT molecular complexity index is 604. The molecule has 3 heteroatoms. The predicted octanol–water partition coefficient (Wildman–Crippen LogP) is 3.72. The van der Waals surface area contributed by atoms with E-state index in [1.807, 2.05) is 0 Å². The van der Waals surface area contributed by atoms with Crippen molar-refractivity contribution in [1.29, 1.82) is 0 Å². The summed E-state index contributed by atoms with van der Waals surface area (Å²) in [5.41, 5.74) is 2.48. The Kier molecular flexibility index (Phi) is 4.39. The minimum atomic E-state index is 0.714. The Morgan fingerprint density at radius 3 is 2.76 bits per heavy atom. The average molecular weight is 283 g/mol. The number of hydrogen-bond donors (Lipinski definition) is 1. The molecule has 1 N–H and O–H groups in total. The summed E-state index contributed by atoms with van der Waals surface area (Å²) in [6.45, 7) is 7.41. The van der Waals surface area contributed by atoms with E-state index in [1.165, 1.54) is 30.2 Å². The van der Waals surface area contributed by atoms with Crippen LogP contribution in [-0.4, -0.2) is 24.1 Å². The fourth-order valence-electron chi connectivity index (χ4n) is 2.90. The van der Waals surface area contributed by atoms with Crippen LogP contribution in [0, 0.1) is 0 Å². The van der Waals surface area contributed by atoms with E-state index in [1.54, 1.807) is 0 Å². The molecule has 1 aromatic heterocycles. The molecule has 0 radical (unpaired) electrons. The maximum Gasteiger partial charge on any atom is 0.129 e. The highest BCUT2D eigenvalue weighted by Gasteiger charge is 2.29. The number of para-hydroxylation sites is 1. The molecule has 2 aromatic rings. The SMILES string of the molecule is CCCN(c1cc(CNCC)c2ccccc2n1)C1CC1.